The van der Waals surface area contributed by atoms with Crippen molar-refractivity contribution >= 4 is 39.3 Å². The van der Waals surface area contributed by atoms with Crippen molar-refractivity contribution < 1.29 is 9.59 Å². The molecule has 3 aromatic carbocycles. The zero-order chi connectivity index (χ0) is 22.2. The van der Waals surface area contributed by atoms with E-state index in [4.69, 9.17) is 11.6 Å². The highest BCUT2D eigenvalue weighted by atomic mass is 79.9. The van der Waals surface area contributed by atoms with E-state index in [2.05, 4.69) is 21.2 Å². The van der Waals surface area contributed by atoms with Crippen LogP contribution in [-0.4, -0.2) is 29.8 Å². The number of rotatable bonds is 8. The van der Waals surface area contributed by atoms with Gasteiger partial charge in [0.1, 0.15) is 6.04 Å². The summed E-state index contributed by atoms with van der Waals surface area (Å²) in [4.78, 5) is 28.0. The summed E-state index contributed by atoms with van der Waals surface area (Å²) >= 11 is 9.74. The van der Waals surface area contributed by atoms with Crippen molar-refractivity contribution in [1.82, 2.24) is 10.2 Å². The van der Waals surface area contributed by atoms with E-state index in [1.54, 1.807) is 18.0 Å². The van der Waals surface area contributed by atoms with Crippen LogP contribution in [0.25, 0.3) is 0 Å². The smallest absolute Gasteiger partial charge is 0.242 e. The lowest BCUT2D eigenvalue weighted by Gasteiger charge is -2.31. The molecule has 0 saturated carbocycles. The van der Waals surface area contributed by atoms with Gasteiger partial charge in [-0.1, -0.05) is 88.2 Å². The second-order valence-electron chi connectivity index (χ2n) is 7.24. The van der Waals surface area contributed by atoms with Gasteiger partial charge in [-0.2, -0.15) is 0 Å². The first-order valence-corrected chi connectivity index (χ1v) is 11.2. The number of nitrogens with one attached hydrogen (secondary N) is 1. The van der Waals surface area contributed by atoms with Crippen LogP contribution in [0, 0.1) is 0 Å². The van der Waals surface area contributed by atoms with Crippen molar-refractivity contribution in [2.45, 2.75) is 25.4 Å². The highest BCUT2D eigenvalue weighted by molar-refractivity contribution is 9.10. The summed E-state index contributed by atoms with van der Waals surface area (Å²) in [5.74, 6) is -0.353. The zero-order valence-corrected chi connectivity index (χ0v) is 19.6. The normalized spacial score (nSPS) is 11.6. The molecule has 1 N–H and O–H groups in total. The Bertz CT molecular complexity index is 1030. The number of nitrogens with zero attached hydrogens (tertiary/aromatic N) is 1. The zero-order valence-electron chi connectivity index (χ0n) is 17.2. The fourth-order valence-electron chi connectivity index (χ4n) is 3.41. The summed E-state index contributed by atoms with van der Waals surface area (Å²) in [6.07, 6.45) is 0.545. The quantitative estimate of drug-likeness (QED) is 0.472. The van der Waals surface area contributed by atoms with Gasteiger partial charge in [0, 0.05) is 29.5 Å². The van der Waals surface area contributed by atoms with Crippen LogP contribution in [0.3, 0.4) is 0 Å². The van der Waals surface area contributed by atoms with E-state index in [0.717, 1.165) is 21.2 Å². The fraction of sp³-hybridized carbons (Fsp3) is 0.200. The minimum Gasteiger partial charge on any atom is -0.357 e. The SMILES string of the molecule is CNC(=O)C(Cc1ccccc1)N(Cc1ccc(Br)cc1)C(=O)Cc1ccccc1Cl. The molecule has 0 radical (unpaired) electrons. The number of hydrogen-bond donors (Lipinski definition) is 1. The maximum absolute atomic E-state index is 13.5. The van der Waals surface area contributed by atoms with E-state index in [-0.39, 0.29) is 18.2 Å². The molecule has 0 saturated heterocycles. The maximum Gasteiger partial charge on any atom is 0.242 e. The van der Waals surface area contributed by atoms with Crippen molar-refractivity contribution in [3.63, 3.8) is 0 Å². The molecule has 3 aromatic rings. The van der Waals surface area contributed by atoms with Crippen LogP contribution in [0.2, 0.25) is 5.02 Å². The number of amides is 2. The van der Waals surface area contributed by atoms with Crippen molar-refractivity contribution in [3.05, 3.63) is 105 Å². The fourth-order valence-corrected chi connectivity index (χ4v) is 3.88. The molecule has 3 rings (SSSR count). The molecule has 0 aliphatic heterocycles. The lowest BCUT2D eigenvalue weighted by Crippen LogP contribution is -2.50. The summed E-state index contributed by atoms with van der Waals surface area (Å²) in [6.45, 7) is 0.321. The topological polar surface area (TPSA) is 49.4 Å². The second-order valence-corrected chi connectivity index (χ2v) is 8.56. The van der Waals surface area contributed by atoms with E-state index in [1.165, 1.54) is 0 Å². The molecule has 0 fully saturated rings. The van der Waals surface area contributed by atoms with Crippen LogP contribution in [0.1, 0.15) is 16.7 Å². The molecule has 0 heterocycles. The van der Waals surface area contributed by atoms with Crippen LogP contribution >= 0.6 is 27.5 Å². The van der Waals surface area contributed by atoms with Crippen molar-refractivity contribution in [2.24, 2.45) is 0 Å². The minimum absolute atomic E-state index is 0.123. The molecule has 31 heavy (non-hydrogen) atoms. The summed E-state index contributed by atoms with van der Waals surface area (Å²) in [5.41, 5.74) is 2.67. The number of carbonyl (C=O) groups is 2. The van der Waals surface area contributed by atoms with E-state index >= 15 is 0 Å². The van der Waals surface area contributed by atoms with Gasteiger partial charge in [0.2, 0.25) is 11.8 Å². The molecule has 2 amide bonds. The van der Waals surface area contributed by atoms with E-state index in [9.17, 15) is 9.59 Å². The molecule has 0 aliphatic rings. The Hall–Kier alpha value is -2.63. The van der Waals surface area contributed by atoms with Crippen molar-refractivity contribution in [1.29, 1.82) is 0 Å². The molecule has 160 valence electrons. The lowest BCUT2D eigenvalue weighted by molar-refractivity contribution is -0.140. The van der Waals surface area contributed by atoms with Gasteiger partial charge in [-0.15, -0.1) is 0 Å². The van der Waals surface area contributed by atoms with E-state index in [1.807, 2.05) is 72.8 Å². The Morgan fingerprint density at radius 3 is 2.23 bits per heavy atom. The van der Waals surface area contributed by atoms with Crippen molar-refractivity contribution in [3.8, 4) is 0 Å². The Morgan fingerprint density at radius 2 is 1.58 bits per heavy atom. The van der Waals surface area contributed by atoms with Crippen LogP contribution in [0.15, 0.2) is 83.3 Å². The summed E-state index contributed by atoms with van der Waals surface area (Å²) in [6, 6.07) is 24.1. The molecular weight excluding hydrogens is 476 g/mol. The molecule has 0 aliphatic carbocycles. The van der Waals surface area contributed by atoms with E-state index < -0.39 is 6.04 Å². The number of likely N-dealkylation sites (N-methyl/N-ethyl adjacent to an activating group) is 1. The molecule has 6 heteroatoms. The second kappa shape index (κ2) is 11.1. The predicted molar refractivity (Wildman–Crippen MR) is 128 cm³/mol. The summed E-state index contributed by atoms with van der Waals surface area (Å²) in [7, 11) is 1.59. The van der Waals surface area contributed by atoms with Crippen LogP contribution < -0.4 is 5.32 Å². The Morgan fingerprint density at radius 1 is 0.935 bits per heavy atom. The van der Waals surface area contributed by atoms with Gasteiger partial charge in [-0.3, -0.25) is 9.59 Å². The number of carbonyl (C=O) groups excluding carboxylic acids is 2. The molecule has 0 bridgehead atoms. The molecule has 4 nitrogen and oxygen atoms in total. The summed E-state index contributed by atoms with van der Waals surface area (Å²) in [5, 5.41) is 3.27. The standard InChI is InChI=1S/C25H24BrClN2O2/c1-28-25(31)23(15-18-7-3-2-4-8-18)29(17-19-11-13-21(26)14-12-19)24(30)16-20-9-5-6-10-22(20)27/h2-14,23H,15-17H2,1H3,(H,28,31). The van der Waals surface area contributed by atoms with Crippen LogP contribution in [0.4, 0.5) is 0 Å². The van der Waals surface area contributed by atoms with Gasteiger partial charge < -0.3 is 10.2 Å². The first-order chi connectivity index (χ1) is 15.0. The third kappa shape index (κ3) is 6.42. The van der Waals surface area contributed by atoms with Crippen LogP contribution in [0.5, 0.6) is 0 Å². The number of halogens is 2. The van der Waals surface area contributed by atoms with Gasteiger partial charge >= 0.3 is 0 Å². The number of hydrogen-bond acceptors (Lipinski definition) is 2. The monoisotopic (exact) mass is 498 g/mol. The van der Waals surface area contributed by atoms with Gasteiger partial charge in [-0.05, 0) is 34.9 Å². The molecular formula is C25H24BrClN2O2. The lowest BCUT2D eigenvalue weighted by atomic mass is 10.0. The van der Waals surface area contributed by atoms with Crippen LogP contribution in [-0.2, 0) is 29.0 Å². The Labute approximate surface area is 196 Å². The molecule has 1 unspecified atom stereocenters. The number of benzene rings is 3. The van der Waals surface area contributed by atoms with E-state index in [0.29, 0.717) is 18.0 Å². The first kappa shape index (κ1) is 23.0. The average molecular weight is 500 g/mol. The first-order valence-electron chi connectivity index (χ1n) is 10.0. The molecule has 1 atom stereocenters. The van der Waals surface area contributed by atoms with Crippen molar-refractivity contribution in [2.75, 3.05) is 7.05 Å². The van der Waals surface area contributed by atoms with Gasteiger partial charge in [0.15, 0.2) is 0 Å². The highest BCUT2D eigenvalue weighted by Crippen LogP contribution is 2.21. The minimum atomic E-state index is -0.647. The van der Waals surface area contributed by atoms with Gasteiger partial charge in [-0.25, -0.2) is 0 Å². The third-order valence-electron chi connectivity index (χ3n) is 5.08. The summed E-state index contributed by atoms with van der Waals surface area (Å²) < 4.78 is 0.956. The Balaban J connectivity index is 1.94. The third-order valence-corrected chi connectivity index (χ3v) is 5.98. The molecule has 0 aromatic heterocycles. The maximum atomic E-state index is 13.5. The highest BCUT2D eigenvalue weighted by Gasteiger charge is 2.30. The van der Waals surface area contributed by atoms with Gasteiger partial charge in [0.05, 0.1) is 6.42 Å². The largest absolute Gasteiger partial charge is 0.357 e. The molecule has 0 spiro atoms. The van der Waals surface area contributed by atoms with Gasteiger partial charge in [0.25, 0.3) is 0 Å². The predicted octanol–water partition coefficient (Wildman–Crippen LogP) is 5.03. The average Bonchev–Trinajstić information content (AvgIpc) is 2.79. The Kier molecular flexibility index (Phi) is 8.27.